The molecule has 3 rings (SSSR count). The van der Waals surface area contributed by atoms with Crippen LogP contribution in [-0.2, 0) is 13.0 Å². The third-order valence-electron chi connectivity index (χ3n) is 3.60. The second-order valence-corrected chi connectivity index (χ2v) is 4.93. The average molecular weight is 279 g/mol. The van der Waals surface area contributed by atoms with Crippen LogP contribution >= 0.6 is 0 Å². The van der Waals surface area contributed by atoms with Gasteiger partial charge in [-0.1, -0.05) is 19.1 Å². The number of aryl methyl sites for hydroxylation is 1. The second kappa shape index (κ2) is 5.79. The van der Waals surface area contributed by atoms with Gasteiger partial charge in [-0.05, 0) is 41.6 Å². The van der Waals surface area contributed by atoms with Gasteiger partial charge in [-0.3, -0.25) is 9.78 Å². The van der Waals surface area contributed by atoms with Crippen LogP contribution < -0.4 is 5.32 Å². The molecular weight excluding hydrogens is 262 g/mol. The van der Waals surface area contributed by atoms with Gasteiger partial charge < -0.3 is 10.3 Å². The maximum Gasteiger partial charge on any atom is 0.251 e. The van der Waals surface area contributed by atoms with Crippen LogP contribution in [0.2, 0.25) is 0 Å². The van der Waals surface area contributed by atoms with E-state index in [0.29, 0.717) is 12.1 Å². The Kier molecular flexibility index (Phi) is 3.69. The van der Waals surface area contributed by atoms with Crippen molar-refractivity contribution >= 4 is 16.8 Å². The Hall–Kier alpha value is -2.62. The lowest BCUT2D eigenvalue weighted by molar-refractivity contribution is 0.0950. The van der Waals surface area contributed by atoms with Gasteiger partial charge in [-0.2, -0.15) is 0 Å². The molecule has 4 heteroatoms. The summed E-state index contributed by atoms with van der Waals surface area (Å²) in [6, 6.07) is 11.6. The van der Waals surface area contributed by atoms with Crippen LogP contribution in [0.3, 0.4) is 0 Å². The lowest BCUT2D eigenvalue weighted by Crippen LogP contribution is -2.23. The van der Waals surface area contributed by atoms with E-state index in [-0.39, 0.29) is 5.91 Å². The van der Waals surface area contributed by atoms with Gasteiger partial charge in [0.2, 0.25) is 0 Å². The molecule has 0 aliphatic rings. The Morgan fingerprint density at radius 1 is 1.29 bits per heavy atom. The minimum Gasteiger partial charge on any atom is -0.361 e. The number of hydrogen-bond acceptors (Lipinski definition) is 2. The smallest absolute Gasteiger partial charge is 0.251 e. The summed E-state index contributed by atoms with van der Waals surface area (Å²) in [5.41, 5.74) is 3.71. The predicted octanol–water partition coefficient (Wildman–Crippen LogP) is 3.06. The van der Waals surface area contributed by atoms with Crippen molar-refractivity contribution < 1.29 is 4.79 Å². The third kappa shape index (κ3) is 2.79. The zero-order valence-corrected chi connectivity index (χ0v) is 11.9. The van der Waals surface area contributed by atoms with Crippen molar-refractivity contribution in [1.29, 1.82) is 0 Å². The summed E-state index contributed by atoms with van der Waals surface area (Å²) in [4.78, 5) is 19.7. The number of amides is 1. The molecular formula is C17H17N3O. The zero-order valence-electron chi connectivity index (χ0n) is 11.9. The normalized spacial score (nSPS) is 10.7. The first-order valence-electron chi connectivity index (χ1n) is 7.06. The molecule has 4 nitrogen and oxygen atoms in total. The van der Waals surface area contributed by atoms with E-state index in [9.17, 15) is 4.79 Å². The predicted molar refractivity (Wildman–Crippen MR) is 83.1 cm³/mol. The van der Waals surface area contributed by atoms with Gasteiger partial charge >= 0.3 is 0 Å². The van der Waals surface area contributed by atoms with Crippen molar-refractivity contribution in [3.63, 3.8) is 0 Å². The van der Waals surface area contributed by atoms with Crippen LogP contribution in [0.1, 0.15) is 28.5 Å². The monoisotopic (exact) mass is 279 g/mol. The lowest BCUT2D eigenvalue weighted by Gasteiger charge is -2.08. The van der Waals surface area contributed by atoms with E-state index >= 15 is 0 Å². The minimum atomic E-state index is -0.0841. The Bertz CT molecular complexity index is 776. The first kappa shape index (κ1) is 13.4. The molecule has 2 aromatic heterocycles. The highest BCUT2D eigenvalue weighted by molar-refractivity contribution is 5.97. The highest BCUT2D eigenvalue weighted by atomic mass is 16.1. The van der Waals surface area contributed by atoms with Crippen LogP contribution in [0.25, 0.3) is 10.9 Å². The summed E-state index contributed by atoms with van der Waals surface area (Å²) < 4.78 is 0. The van der Waals surface area contributed by atoms with Crippen molar-refractivity contribution in [2.45, 2.75) is 19.9 Å². The molecule has 21 heavy (non-hydrogen) atoms. The number of aromatic nitrogens is 2. The molecule has 2 heterocycles. The Morgan fingerprint density at radius 2 is 2.19 bits per heavy atom. The Balaban J connectivity index is 1.74. The molecule has 0 fully saturated rings. The van der Waals surface area contributed by atoms with Crippen molar-refractivity contribution in [3.8, 4) is 0 Å². The molecule has 2 N–H and O–H groups in total. The number of fused-ring (bicyclic) bond motifs is 1. The van der Waals surface area contributed by atoms with E-state index < -0.39 is 0 Å². The summed E-state index contributed by atoms with van der Waals surface area (Å²) in [5, 5.41) is 4.03. The highest BCUT2D eigenvalue weighted by Gasteiger charge is 2.08. The van der Waals surface area contributed by atoms with Crippen LogP contribution in [0.4, 0.5) is 0 Å². The van der Waals surface area contributed by atoms with Crippen molar-refractivity contribution in [3.05, 3.63) is 65.6 Å². The van der Waals surface area contributed by atoms with E-state index in [1.807, 2.05) is 42.6 Å². The average Bonchev–Trinajstić information content (AvgIpc) is 3.00. The van der Waals surface area contributed by atoms with Crippen LogP contribution in [0.15, 0.2) is 48.8 Å². The fourth-order valence-corrected chi connectivity index (χ4v) is 2.41. The first-order valence-corrected chi connectivity index (χ1v) is 7.06. The number of carbonyl (C=O) groups is 1. The quantitative estimate of drug-likeness (QED) is 0.771. The molecule has 0 bridgehead atoms. The number of rotatable bonds is 4. The topological polar surface area (TPSA) is 57.8 Å². The molecule has 0 atom stereocenters. The summed E-state index contributed by atoms with van der Waals surface area (Å²) in [7, 11) is 0. The molecule has 0 saturated carbocycles. The minimum absolute atomic E-state index is 0.0841. The molecule has 0 spiro atoms. The molecule has 0 radical (unpaired) electrons. The van der Waals surface area contributed by atoms with Crippen LogP contribution in [0.5, 0.6) is 0 Å². The summed E-state index contributed by atoms with van der Waals surface area (Å²) >= 11 is 0. The van der Waals surface area contributed by atoms with Crippen LogP contribution in [-0.4, -0.2) is 15.9 Å². The standard InChI is InChI=1S/C17H17N3O/c1-2-12-4-3-8-18-16(12)11-20-17(21)14-6-5-13-7-9-19-15(13)10-14/h3-10,19H,2,11H2,1H3,(H,20,21). The van der Waals surface area contributed by atoms with E-state index in [0.717, 1.165) is 28.6 Å². The number of aromatic amines is 1. The van der Waals surface area contributed by atoms with E-state index in [4.69, 9.17) is 0 Å². The molecule has 1 amide bonds. The maximum absolute atomic E-state index is 12.2. The van der Waals surface area contributed by atoms with Gasteiger partial charge in [0, 0.05) is 23.5 Å². The Labute approximate surface area is 123 Å². The fraction of sp³-hybridized carbons (Fsp3) is 0.176. The SMILES string of the molecule is CCc1cccnc1CNC(=O)c1ccc2cc[nH]c2c1. The van der Waals surface area contributed by atoms with Gasteiger partial charge in [0.05, 0.1) is 12.2 Å². The summed E-state index contributed by atoms with van der Waals surface area (Å²) in [6.07, 6.45) is 4.53. The molecule has 106 valence electrons. The number of pyridine rings is 1. The zero-order chi connectivity index (χ0) is 14.7. The highest BCUT2D eigenvalue weighted by Crippen LogP contribution is 2.14. The number of nitrogens with one attached hydrogen (secondary N) is 2. The number of nitrogens with zero attached hydrogens (tertiary/aromatic N) is 1. The van der Waals surface area contributed by atoms with Gasteiger partial charge in [-0.25, -0.2) is 0 Å². The molecule has 3 aromatic rings. The molecule has 0 unspecified atom stereocenters. The first-order chi connectivity index (χ1) is 10.3. The van der Waals surface area contributed by atoms with Crippen molar-refractivity contribution in [2.24, 2.45) is 0 Å². The number of hydrogen-bond donors (Lipinski definition) is 2. The van der Waals surface area contributed by atoms with E-state index in [1.165, 1.54) is 0 Å². The Morgan fingerprint density at radius 3 is 3.05 bits per heavy atom. The maximum atomic E-state index is 12.2. The summed E-state index contributed by atoms with van der Waals surface area (Å²) in [5.74, 6) is -0.0841. The third-order valence-corrected chi connectivity index (χ3v) is 3.60. The molecule has 0 saturated heterocycles. The fourth-order valence-electron chi connectivity index (χ4n) is 2.41. The molecule has 0 aliphatic heterocycles. The van der Waals surface area contributed by atoms with Gasteiger partial charge in [0.25, 0.3) is 5.91 Å². The van der Waals surface area contributed by atoms with Gasteiger partial charge in [0.1, 0.15) is 0 Å². The second-order valence-electron chi connectivity index (χ2n) is 4.93. The number of H-pyrrole nitrogens is 1. The van der Waals surface area contributed by atoms with Crippen molar-refractivity contribution in [2.75, 3.05) is 0 Å². The van der Waals surface area contributed by atoms with Crippen molar-refractivity contribution in [1.82, 2.24) is 15.3 Å². The summed E-state index contributed by atoms with van der Waals surface area (Å²) in [6.45, 7) is 2.53. The van der Waals surface area contributed by atoms with E-state index in [1.54, 1.807) is 6.20 Å². The lowest BCUT2D eigenvalue weighted by atomic mass is 10.1. The molecule has 1 aromatic carbocycles. The number of carbonyl (C=O) groups excluding carboxylic acids is 1. The number of benzene rings is 1. The van der Waals surface area contributed by atoms with Crippen LogP contribution in [0, 0.1) is 0 Å². The van der Waals surface area contributed by atoms with Gasteiger partial charge in [-0.15, -0.1) is 0 Å². The largest absolute Gasteiger partial charge is 0.361 e. The van der Waals surface area contributed by atoms with E-state index in [2.05, 4.69) is 22.2 Å². The molecule has 0 aliphatic carbocycles. The van der Waals surface area contributed by atoms with Gasteiger partial charge in [0.15, 0.2) is 0 Å².